The van der Waals surface area contributed by atoms with Gasteiger partial charge in [0.2, 0.25) is 21.8 Å². The molecule has 160 valence electrons. The van der Waals surface area contributed by atoms with E-state index in [1.165, 1.54) is 4.90 Å². The summed E-state index contributed by atoms with van der Waals surface area (Å²) in [6.07, 6.45) is 1.05. The highest BCUT2D eigenvalue weighted by atomic mass is 32.2. The summed E-state index contributed by atoms with van der Waals surface area (Å²) in [5.41, 5.74) is 1.55. The number of amides is 2. The molecule has 0 saturated carbocycles. The first kappa shape index (κ1) is 22.0. The molecule has 1 heterocycles. The Labute approximate surface area is 177 Å². The number of sulfonamides is 1. The number of benzene rings is 2. The van der Waals surface area contributed by atoms with Crippen LogP contribution in [0, 0.1) is 6.92 Å². The number of carbonyl (C=O) groups is 2. The van der Waals surface area contributed by atoms with Gasteiger partial charge in [-0.1, -0.05) is 60.2 Å². The van der Waals surface area contributed by atoms with Gasteiger partial charge in [-0.2, -0.15) is 4.31 Å². The first-order valence-corrected chi connectivity index (χ1v) is 11.6. The second-order valence-electron chi connectivity index (χ2n) is 7.94. The normalized spacial score (nSPS) is 20.2. The van der Waals surface area contributed by atoms with Crippen molar-refractivity contribution < 1.29 is 18.0 Å². The minimum absolute atomic E-state index is 0.0932. The van der Waals surface area contributed by atoms with E-state index >= 15 is 0 Å². The smallest absolute Gasteiger partial charge is 0.247 e. The Hall–Kier alpha value is -2.71. The van der Waals surface area contributed by atoms with Gasteiger partial charge in [0, 0.05) is 19.6 Å². The topological polar surface area (TPSA) is 86.8 Å². The SMILES string of the molecule is Cc1ccc(CN2C(=O)CN(S(C)(=O)=O)CC2(C)C(=O)NCc2ccccc2)cc1. The second-order valence-corrected chi connectivity index (χ2v) is 9.92. The van der Waals surface area contributed by atoms with Gasteiger partial charge in [-0.05, 0) is 25.0 Å². The van der Waals surface area contributed by atoms with Gasteiger partial charge in [0.05, 0.1) is 12.8 Å². The molecular weight excluding hydrogens is 402 g/mol. The molecule has 2 aromatic rings. The van der Waals surface area contributed by atoms with E-state index in [2.05, 4.69) is 5.32 Å². The summed E-state index contributed by atoms with van der Waals surface area (Å²) in [6, 6.07) is 17.1. The van der Waals surface area contributed by atoms with Crippen LogP contribution in [-0.2, 0) is 32.7 Å². The molecule has 2 aromatic carbocycles. The third-order valence-electron chi connectivity index (χ3n) is 5.41. The minimum Gasteiger partial charge on any atom is -0.350 e. The first-order valence-electron chi connectivity index (χ1n) is 9.73. The van der Waals surface area contributed by atoms with E-state index in [1.54, 1.807) is 6.92 Å². The molecule has 0 radical (unpaired) electrons. The maximum atomic E-state index is 13.2. The van der Waals surface area contributed by atoms with Crippen LogP contribution in [0.1, 0.15) is 23.6 Å². The molecular formula is C22H27N3O4S. The number of hydrogen-bond donors (Lipinski definition) is 1. The van der Waals surface area contributed by atoms with Crippen molar-refractivity contribution in [2.45, 2.75) is 32.5 Å². The summed E-state index contributed by atoms with van der Waals surface area (Å²) in [6.45, 7) is 3.75. The van der Waals surface area contributed by atoms with E-state index in [-0.39, 0.29) is 25.5 Å². The number of piperazine rings is 1. The zero-order valence-electron chi connectivity index (χ0n) is 17.5. The van der Waals surface area contributed by atoms with Gasteiger partial charge >= 0.3 is 0 Å². The van der Waals surface area contributed by atoms with Crippen molar-refractivity contribution in [3.05, 3.63) is 71.3 Å². The van der Waals surface area contributed by atoms with E-state index in [0.717, 1.165) is 27.3 Å². The summed E-state index contributed by atoms with van der Waals surface area (Å²) in [4.78, 5) is 27.7. The van der Waals surface area contributed by atoms with E-state index < -0.39 is 21.5 Å². The van der Waals surface area contributed by atoms with Gasteiger partial charge in [-0.25, -0.2) is 8.42 Å². The summed E-state index contributed by atoms with van der Waals surface area (Å²) in [5.74, 6) is -0.787. The molecule has 1 aliphatic rings. The van der Waals surface area contributed by atoms with Crippen molar-refractivity contribution in [2.75, 3.05) is 19.3 Å². The van der Waals surface area contributed by atoms with Crippen LogP contribution in [0.4, 0.5) is 0 Å². The Morgan fingerprint density at radius 2 is 1.70 bits per heavy atom. The molecule has 30 heavy (non-hydrogen) atoms. The summed E-state index contributed by atoms with van der Waals surface area (Å²) < 4.78 is 25.4. The fourth-order valence-electron chi connectivity index (χ4n) is 3.53. The van der Waals surface area contributed by atoms with Crippen LogP contribution in [0.2, 0.25) is 0 Å². The molecule has 0 aliphatic carbocycles. The van der Waals surface area contributed by atoms with Crippen LogP contribution < -0.4 is 5.32 Å². The lowest BCUT2D eigenvalue weighted by Gasteiger charge is -2.46. The number of hydrogen-bond acceptors (Lipinski definition) is 4. The molecule has 1 saturated heterocycles. The third kappa shape index (κ3) is 4.88. The quantitative estimate of drug-likeness (QED) is 0.757. The average Bonchev–Trinajstić information content (AvgIpc) is 2.70. The first-order chi connectivity index (χ1) is 14.1. The Kier molecular flexibility index (Phi) is 6.28. The monoisotopic (exact) mass is 429 g/mol. The highest BCUT2D eigenvalue weighted by Gasteiger charge is 2.49. The molecule has 0 bridgehead atoms. The molecule has 3 rings (SSSR count). The van der Waals surface area contributed by atoms with Crippen molar-refractivity contribution in [3.8, 4) is 0 Å². The molecule has 1 aliphatic heterocycles. The summed E-state index contributed by atoms with van der Waals surface area (Å²) in [5, 5.41) is 2.87. The van der Waals surface area contributed by atoms with Crippen LogP contribution in [-0.4, -0.2) is 54.3 Å². The van der Waals surface area contributed by atoms with Crippen LogP contribution in [0.3, 0.4) is 0 Å². The molecule has 1 fully saturated rings. The van der Waals surface area contributed by atoms with Crippen molar-refractivity contribution in [1.82, 2.24) is 14.5 Å². The lowest BCUT2D eigenvalue weighted by atomic mass is 9.94. The zero-order chi connectivity index (χ0) is 21.9. The molecule has 1 atom stereocenters. The number of rotatable bonds is 6. The van der Waals surface area contributed by atoms with Crippen molar-refractivity contribution in [2.24, 2.45) is 0 Å². The van der Waals surface area contributed by atoms with Crippen molar-refractivity contribution in [3.63, 3.8) is 0 Å². The molecule has 2 amide bonds. The maximum Gasteiger partial charge on any atom is 0.247 e. The van der Waals surface area contributed by atoms with Crippen LogP contribution in [0.15, 0.2) is 54.6 Å². The molecule has 8 heteroatoms. The summed E-state index contributed by atoms with van der Waals surface area (Å²) >= 11 is 0. The minimum atomic E-state index is -3.63. The van der Waals surface area contributed by atoms with Gasteiger partial charge < -0.3 is 10.2 Å². The van der Waals surface area contributed by atoms with Gasteiger partial charge in [-0.3, -0.25) is 9.59 Å². The van der Waals surface area contributed by atoms with Gasteiger partial charge in [-0.15, -0.1) is 0 Å². The molecule has 0 spiro atoms. The number of carbonyl (C=O) groups excluding carboxylic acids is 2. The van der Waals surface area contributed by atoms with Gasteiger partial charge in [0.25, 0.3) is 0 Å². The number of nitrogens with zero attached hydrogens (tertiary/aromatic N) is 2. The van der Waals surface area contributed by atoms with Crippen LogP contribution >= 0.6 is 0 Å². The Balaban J connectivity index is 1.88. The second kappa shape index (κ2) is 8.57. The van der Waals surface area contributed by atoms with Gasteiger partial charge in [0.15, 0.2) is 0 Å². The van der Waals surface area contributed by atoms with E-state index in [0.29, 0.717) is 6.54 Å². The number of aryl methyl sites for hydroxylation is 1. The predicted molar refractivity (Wildman–Crippen MR) is 115 cm³/mol. The van der Waals surface area contributed by atoms with E-state index in [4.69, 9.17) is 0 Å². The average molecular weight is 430 g/mol. The highest BCUT2D eigenvalue weighted by Crippen LogP contribution is 2.27. The molecule has 0 aromatic heterocycles. The van der Waals surface area contributed by atoms with E-state index in [9.17, 15) is 18.0 Å². The standard InChI is InChI=1S/C22H27N3O4S/c1-17-9-11-19(12-10-17)14-25-20(26)15-24(30(3,28)29)16-22(25,2)21(27)23-13-18-7-5-4-6-8-18/h4-12H,13-16H2,1-3H3,(H,23,27). The maximum absolute atomic E-state index is 13.2. The Bertz CT molecular complexity index is 1020. The fraction of sp³-hybridized carbons (Fsp3) is 0.364. The number of nitrogens with one attached hydrogen (secondary N) is 1. The van der Waals surface area contributed by atoms with Gasteiger partial charge in [0.1, 0.15) is 5.54 Å². The fourth-order valence-corrected chi connectivity index (χ4v) is 4.36. The third-order valence-corrected chi connectivity index (χ3v) is 6.60. The van der Waals surface area contributed by atoms with E-state index in [1.807, 2.05) is 61.5 Å². The molecule has 1 N–H and O–H groups in total. The lowest BCUT2D eigenvalue weighted by molar-refractivity contribution is -0.153. The predicted octanol–water partition coefficient (Wildman–Crippen LogP) is 1.67. The molecule has 1 unspecified atom stereocenters. The Morgan fingerprint density at radius 3 is 2.30 bits per heavy atom. The Morgan fingerprint density at radius 1 is 1.07 bits per heavy atom. The summed E-state index contributed by atoms with van der Waals surface area (Å²) in [7, 11) is -3.63. The molecule has 7 nitrogen and oxygen atoms in total. The van der Waals surface area contributed by atoms with Crippen molar-refractivity contribution in [1.29, 1.82) is 0 Å². The lowest BCUT2D eigenvalue weighted by Crippen LogP contribution is -2.69. The largest absolute Gasteiger partial charge is 0.350 e. The van der Waals surface area contributed by atoms with Crippen LogP contribution in [0.5, 0.6) is 0 Å². The zero-order valence-corrected chi connectivity index (χ0v) is 18.3. The van der Waals surface area contributed by atoms with Crippen LogP contribution in [0.25, 0.3) is 0 Å². The highest BCUT2D eigenvalue weighted by molar-refractivity contribution is 7.88. The van der Waals surface area contributed by atoms with Crippen molar-refractivity contribution >= 4 is 21.8 Å².